The summed E-state index contributed by atoms with van der Waals surface area (Å²) in [6.45, 7) is 6.18. The number of nitrogens with zero attached hydrogens (tertiary/aromatic N) is 1. The zero-order valence-corrected chi connectivity index (χ0v) is 20.8. The zero-order valence-electron chi connectivity index (χ0n) is 20.8. The van der Waals surface area contributed by atoms with Gasteiger partial charge in [-0.15, -0.1) is 0 Å². The van der Waals surface area contributed by atoms with Crippen molar-refractivity contribution >= 4 is 28.3 Å². The number of hydrogen-bond donors (Lipinski definition) is 2. The molecule has 2 atom stereocenters. The van der Waals surface area contributed by atoms with Gasteiger partial charge in [0.15, 0.2) is 0 Å². The number of aliphatic hydroxyl groups is 2. The molecule has 0 fully saturated rings. The van der Waals surface area contributed by atoms with Crippen molar-refractivity contribution < 1.29 is 24.1 Å². The van der Waals surface area contributed by atoms with Crippen LogP contribution >= 0.6 is 0 Å². The molecule has 2 aromatic carbocycles. The lowest BCUT2D eigenvalue weighted by Gasteiger charge is -2.13. The molecule has 2 N–H and O–H groups in total. The number of esters is 1. The normalized spacial score (nSPS) is 13.6. The van der Waals surface area contributed by atoms with Crippen LogP contribution in [0.15, 0.2) is 66.9 Å². The summed E-state index contributed by atoms with van der Waals surface area (Å²) in [4.78, 5) is 11.7. The van der Waals surface area contributed by atoms with Crippen LogP contribution in [0.3, 0.4) is 0 Å². The fourth-order valence-electron chi connectivity index (χ4n) is 4.79. The highest BCUT2D eigenvalue weighted by Gasteiger charge is 2.22. The van der Waals surface area contributed by atoms with Crippen LogP contribution in [0.2, 0.25) is 0 Å². The Hall–Kier alpha value is -3.48. The Morgan fingerprint density at radius 1 is 1.08 bits per heavy atom. The van der Waals surface area contributed by atoms with Crippen LogP contribution in [0.1, 0.15) is 50.8 Å². The van der Waals surface area contributed by atoms with E-state index in [0.717, 1.165) is 38.7 Å². The summed E-state index contributed by atoms with van der Waals surface area (Å²) < 4.78 is 20.9. The molecule has 0 amide bonds. The monoisotopic (exact) mass is 489 g/mol. The molecule has 4 aromatic rings. The van der Waals surface area contributed by atoms with E-state index in [-0.39, 0.29) is 31.2 Å². The van der Waals surface area contributed by atoms with E-state index in [1.807, 2.05) is 18.2 Å². The second kappa shape index (κ2) is 11.1. The summed E-state index contributed by atoms with van der Waals surface area (Å²) in [6, 6.07) is 16.7. The van der Waals surface area contributed by atoms with Crippen molar-refractivity contribution in [2.45, 2.75) is 51.7 Å². The molecular weight excluding hydrogens is 457 g/mol. The lowest BCUT2D eigenvalue weighted by molar-refractivity contribution is -0.145. The van der Waals surface area contributed by atoms with Crippen LogP contribution in [0.5, 0.6) is 0 Å². The summed E-state index contributed by atoms with van der Waals surface area (Å²) in [5, 5.41) is 23.0. The predicted molar refractivity (Wildman–Crippen MR) is 141 cm³/mol. The first-order valence-corrected chi connectivity index (χ1v) is 12.3. The van der Waals surface area contributed by atoms with Crippen LogP contribution in [0.25, 0.3) is 33.5 Å². The minimum atomic E-state index is -1.01. The number of aliphatic hydroxyl groups excluding tert-OH is 2. The smallest absolute Gasteiger partial charge is 0.308 e. The SMILES string of the molecule is CCOC(=O)CC(O)CC(O)C=Cc1c(-c2ccc(F)cc2)c2c3ccccc3ccn2c1C(C)C. The maximum absolute atomic E-state index is 13.8. The van der Waals surface area contributed by atoms with Gasteiger partial charge in [-0.1, -0.05) is 62.4 Å². The van der Waals surface area contributed by atoms with E-state index in [2.05, 4.69) is 42.6 Å². The predicted octanol–water partition coefficient (Wildman–Crippen LogP) is 6.10. The van der Waals surface area contributed by atoms with Gasteiger partial charge in [-0.25, -0.2) is 4.39 Å². The highest BCUT2D eigenvalue weighted by Crippen LogP contribution is 2.40. The van der Waals surface area contributed by atoms with Crippen LogP contribution in [-0.4, -0.2) is 39.4 Å². The van der Waals surface area contributed by atoms with Gasteiger partial charge < -0.3 is 19.4 Å². The van der Waals surface area contributed by atoms with E-state index < -0.39 is 18.2 Å². The second-order valence-corrected chi connectivity index (χ2v) is 9.28. The standard InChI is InChI=1S/C30H32FNO4/c1-4-36-27(35)18-24(34)17-23(33)13-14-26-28(21-9-11-22(31)12-10-21)30-25-8-6-5-7-20(25)15-16-32(30)29(26)19(2)3/h5-16,19,23-24,33-34H,4,17-18H2,1-3H3. The third kappa shape index (κ3) is 5.35. The van der Waals surface area contributed by atoms with Gasteiger partial charge in [-0.05, 0) is 42.0 Å². The highest BCUT2D eigenvalue weighted by molar-refractivity contribution is 6.06. The van der Waals surface area contributed by atoms with Crippen molar-refractivity contribution in [2.24, 2.45) is 0 Å². The Morgan fingerprint density at radius 3 is 2.50 bits per heavy atom. The number of ether oxygens (including phenoxy) is 1. The van der Waals surface area contributed by atoms with E-state index in [4.69, 9.17) is 4.74 Å². The average Bonchev–Trinajstić information content (AvgIpc) is 3.18. The highest BCUT2D eigenvalue weighted by atomic mass is 19.1. The first-order chi connectivity index (χ1) is 17.3. The van der Waals surface area contributed by atoms with Gasteiger partial charge >= 0.3 is 5.97 Å². The van der Waals surface area contributed by atoms with Crippen LogP contribution in [0.4, 0.5) is 4.39 Å². The van der Waals surface area contributed by atoms with Gasteiger partial charge in [0, 0.05) is 34.8 Å². The van der Waals surface area contributed by atoms with Crippen LogP contribution in [-0.2, 0) is 9.53 Å². The number of pyridine rings is 1. The fourth-order valence-corrected chi connectivity index (χ4v) is 4.79. The largest absolute Gasteiger partial charge is 0.466 e. The maximum atomic E-state index is 13.8. The first kappa shape index (κ1) is 25.6. The number of carbonyl (C=O) groups is 1. The molecule has 2 unspecified atom stereocenters. The van der Waals surface area contributed by atoms with Crippen molar-refractivity contribution in [1.29, 1.82) is 0 Å². The Morgan fingerprint density at radius 2 is 1.81 bits per heavy atom. The van der Waals surface area contributed by atoms with Crippen molar-refractivity contribution in [3.8, 4) is 11.1 Å². The van der Waals surface area contributed by atoms with Crippen molar-refractivity contribution in [1.82, 2.24) is 4.40 Å². The molecule has 2 heterocycles. The molecular formula is C30H32FNO4. The van der Waals surface area contributed by atoms with E-state index in [9.17, 15) is 19.4 Å². The van der Waals surface area contributed by atoms with Gasteiger partial charge in [0.05, 0.1) is 30.8 Å². The molecule has 0 bridgehead atoms. The lowest BCUT2D eigenvalue weighted by atomic mass is 9.95. The zero-order chi connectivity index (χ0) is 25.8. The quantitative estimate of drug-likeness (QED) is 0.279. The summed E-state index contributed by atoms with van der Waals surface area (Å²) >= 11 is 0. The molecule has 0 aliphatic heterocycles. The minimum absolute atomic E-state index is 0.00844. The number of halogens is 1. The number of benzene rings is 2. The summed E-state index contributed by atoms with van der Waals surface area (Å²) in [5.74, 6) is -0.647. The molecule has 0 radical (unpaired) electrons. The third-order valence-electron chi connectivity index (χ3n) is 6.29. The summed E-state index contributed by atoms with van der Waals surface area (Å²) in [7, 11) is 0. The molecule has 2 aromatic heterocycles. The van der Waals surface area contributed by atoms with E-state index >= 15 is 0 Å². The number of rotatable bonds is 9. The van der Waals surface area contributed by atoms with Gasteiger partial charge in [-0.3, -0.25) is 4.79 Å². The van der Waals surface area contributed by atoms with Gasteiger partial charge in [0.25, 0.3) is 0 Å². The third-order valence-corrected chi connectivity index (χ3v) is 6.29. The number of fused-ring (bicyclic) bond motifs is 3. The van der Waals surface area contributed by atoms with Crippen molar-refractivity contribution in [3.63, 3.8) is 0 Å². The Balaban J connectivity index is 1.83. The topological polar surface area (TPSA) is 71.2 Å². The first-order valence-electron chi connectivity index (χ1n) is 12.3. The van der Waals surface area contributed by atoms with E-state index in [0.29, 0.717) is 0 Å². The van der Waals surface area contributed by atoms with Crippen LogP contribution in [0, 0.1) is 5.82 Å². The summed E-state index contributed by atoms with van der Waals surface area (Å²) in [5.41, 5.74) is 4.82. The lowest BCUT2D eigenvalue weighted by Crippen LogP contribution is -2.20. The van der Waals surface area contributed by atoms with Crippen molar-refractivity contribution in [3.05, 3.63) is 83.9 Å². The molecule has 36 heavy (non-hydrogen) atoms. The fraction of sp³-hybridized carbons (Fsp3) is 0.300. The average molecular weight is 490 g/mol. The Labute approximate surface area is 210 Å². The van der Waals surface area contributed by atoms with Gasteiger partial charge in [-0.2, -0.15) is 0 Å². The molecule has 5 nitrogen and oxygen atoms in total. The van der Waals surface area contributed by atoms with Crippen molar-refractivity contribution in [2.75, 3.05) is 6.61 Å². The molecule has 6 heteroatoms. The molecule has 0 spiro atoms. The van der Waals surface area contributed by atoms with E-state index in [1.165, 1.54) is 12.1 Å². The molecule has 188 valence electrons. The summed E-state index contributed by atoms with van der Waals surface area (Å²) in [6.07, 6.45) is 3.43. The second-order valence-electron chi connectivity index (χ2n) is 9.28. The molecule has 0 aliphatic rings. The molecule has 0 saturated heterocycles. The van der Waals surface area contributed by atoms with Gasteiger partial charge in [0.1, 0.15) is 5.82 Å². The van der Waals surface area contributed by atoms with Gasteiger partial charge in [0.2, 0.25) is 0 Å². The number of carbonyl (C=O) groups excluding carboxylic acids is 1. The Bertz CT molecular complexity index is 1390. The molecule has 0 aliphatic carbocycles. The number of hydrogen-bond acceptors (Lipinski definition) is 4. The van der Waals surface area contributed by atoms with Crippen LogP contribution < -0.4 is 0 Å². The van der Waals surface area contributed by atoms with E-state index in [1.54, 1.807) is 25.1 Å². The maximum Gasteiger partial charge on any atom is 0.308 e. The minimum Gasteiger partial charge on any atom is -0.466 e. The molecule has 0 saturated carbocycles. The molecule has 4 rings (SSSR count). The number of aromatic nitrogens is 1. The Kier molecular flexibility index (Phi) is 7.87.